The van der Waals surface area contributed by atoms with Crippen LogP contribution in [0.2, 0.25) is 0 Å². The zero-order chi connectivity index (χ0) is 18.6. The Bertz CT molecular complexity index is 1080. The second kappa shape index (κ2) is 7.38. The molecule has 0 saturated heterocycles. The number of benzene rings is 2. The van der Waals surface area contributed by atoms with Gasteiger partial charge in [-0.05, 0) is 36.8 Å². The zero-order valence-corrected chi connectivity index (χ0v) is 15.0. The fourth-order valence-electron chi connectivity index (χ4n) is 3.12. The Hall–Kier alpha value is -3.53. The summed E-state index contributed by atoms with van der Waals surface area (Å²) in [4.78, 5) is 21.9. The van der Waals surface area contributed by atoms with E-state index < -0.39 is 0 Å². The Balaban J connectivity index is 1.74. The SMILES string of the molecule is CC(NC(=O)c1cc(-c2cccnc2)nc2ccccc12)c1ccccc1. The molecule has 1 N–H and O–H groups in total. The van der Waals surface area contributed by atoms with Crippen LogP contribution in [0.5, 0.6) is 0 Å². The number of carbonyl (C=O) groups excluding carboxylic acids is 1. The topological polar surface area (TPSA) is 54.9 Å². The smallest absolute Gasteiger partial charge is 0.252 e. The molecule has 0 aliphatic heterocycles. The highest BCUT2D eigenvalue weighted by molar-refractivity contribution is 6.07. The van der Waals surface area contributed by atoms with Gasteiger partial charge in [0.05, 0.1) is 22.8 Å². The summed E-state index contributed by atoms with van der Waals surface area (Å²) in [5.41, 5.74) is 4.09. The summed E-state index contributed by atoms with van der Waals surface area (Å²) >= 11 is 0. The van der Waals surface area contributed by atoms with Gasteiger partial charge in [0.15, 0.2) is 0 Å². The van der Waals surface area contributed by atoms with Crippen molar-refractivity contribution in [3.63, 3.8) is 0 Å². The molecule has 1 atom stereocenters. The minimum absolute atomic E-state index is 0.0903. The van der Waals surface area contributed by atoms with Crippen molar-refractivity contribution in [2.45, 2.75) is 13.0 Å². The summed E-state index contributed by atoms with van der Waals surface area (Å²) < 4.78 is 0. The van der Waals surface area contributed by atoms with E-state index in [1.54, 1.807) is 12.4 Å². The van der Waals surface area contributed by atoms with Crippen LogP contribution >= 0.6 is 0 Å². The van der Waals surface area contributed by atoms with Crippen molar-refractivity contribution in [1.29, 1.82) is 0 Å². The summed E-state index contributed by atoms with van der Waals surface area (Å²) in [5, 5.41) is 3.94. The average Bonchev–Trinajstić information content (AvgIpc) is 2.74. The van der Waals surface area contributed by atoms with Crippen molar-refractivity contribution < 1.29 is 4.79 Å². The summed E-state index contributed by atoms with van der Waals surface area (Å²) in [7, 11) is 0. The van der Waals surface area contributed by atoms with Crippen molar-refractivity contribution >= 4 is 16.8 Å². The molecule has 132 valence electrons. The van der Waals surface area contributed by atoms with E-state index in [9.17, 15) is 4.79 Å². The van der Waals surface area contributed by atoms with E-state index in [4.69, 9.17) is 4.98 Å². The average molecular weight is 353 g/mol. The van der Waals surface area contributed by atoms with E-state index in [1.165, 1.54) is 0 Å². The number of rotatable bonds is 4. The Morgan fingerprint density at radius 3 is 2.52 bits per heavy atom. The molecule has 0 bridgehead atoms. The molecular weight excluding hydrogens is 334 g/mol. The maximum atomic E-state index is 13.1. The fourth-order valence-corrected chi connectivity index (χ4v) is 3.12. The van der Waals surface area contributed by atoms with Crippen LogP contribution in [-0.4, -0.2) is 15.9 Å². The quantitative estimate of drug-likeness (QED) is 0.574. The number of hydrogen-bond donors (Lipinski definition) is 1. The number of carbonyl (C=O) groups is 1. The number of aromatic nitrogens is 2. The number of fused-ring (bicyclic) bond motifs is 1. The number of hydrogen-bond acceptors (Lipinski definition) is 3. The molecule has 0 aliphatic rings. The highest BCUT2D eigenvalue weighted by atomic mass is 16.1. The lowest BCUT2D eigenvalue weighted by atomic mass is 10.0. The van der Waals surface area contributed by atoms with E-state index in [-0.39, 0.29) is 11.9 Å². The van der Waals surface area contributed by atoms with Crippen molar-refractivity contribution in [3.8, 4) is 11.3 Å². The molecule has 27 heavy (non-hydrogen) atoms. The Labute approximate surface area is 157 Å². The maximum Gasteiger partial charge on any atom is 0.252 e. The highest BCUT2D eigenvalue weighted by Crippen LogP contribution is 2.25. The lowest BCUT2D eigenvalue weighted by Gasteiger charge is -2.16. The first kappa shape index (κ1) is 16.9. The predicted octanol–water partition coefficient (Wildman–Crippen LogP) is 4.79. The van der Waals surface area contributed by atoms with Crippen LogP contribution in [0.15, 0.2) is 85.2 Å². The molecule has 2 aromatic heterocycles. The molecule has 4 nitrogen and oxygen atoms in total. The second-order valence-electron chi connectivity index (χ2n) is 6.42. The molecule has 0 radical (unpaired) electrons. The van der Waals surface area contributed by atoms with Crippen molar-refractivity contribution in [2.24, 2.45) is 0 Å². The second-order valence-corrected chi connectivity index (χ2v) is 6.42. The summed E-state index contributed by atoms with van der Waals surface area (Å²) in [6, 6.07) is 23.2. The van der Waals surface area contributed by atoms with E-state index in [0.717, 1.165) is 27.7 Å². The highest BCUT2D eigenvalue weighted by Gasteiger charge is 2.16. The Morgan fingerprint density at radius 1 is 0.963 bits per heavy atom. The van der Waals surface area contributed by atoms with Gasteiger partial charge in [0, 0.05) is 23.3 Å². The third-order valence-corrected chi connectivity index (χ3v) is 4.57. The minimum Gasteiger partial charge on any atom is -0.345 e. The van der Waals surface area contributed by atoms with Crippen LogP contribution in [0, 0.1) is 0 Å². The standard InChI is InChI=1S/C23H19N3O/c1-16(17-8-3-2-4-9-17)25-23(27)20-14-22(18-10-7-13-24-15-18)26-21-12-6-5-11-19(20)21/h2-16H,1H3,(H,25,27). The van der Waals surface area contributed by atoms with Crippen LogP contribution in [-0.2, 0) is 0 Å². The number of nitrogens with one attached hydrogen (secondary N) is 1. The van der Waals surface area contributed by atoms with Gasteiger partial charge in [0.25, 0.3) is 5.91 Å². The monoisotopic (exact) mass is 353 g/mol. The first-order chi connectivity index (χ1) is 13.2. The Kier molecular flexibility index (Phi) is 4.62. The third-order valence-electron chi connectivity index (χ3n) is 4.57. The molecule has 0 fully saturated rings. The van der Waals surface area contributed by atoms with Gasteiger partial charge in [0.2, 0.25) is 0 Å². The van der Waals surface area contributed by atoms with Crippen LogP contribution in [0.3, 0.4) is 0 Å². The molecule has 0 saturated carbocycles. The van der Waals surface area contributed by atoms with Crippen molar-refractivity contribution in [3.05, 3.63) is 96.3 Å². The van der Waals surface area contributed by atoms with E-state index in [1.807, 2.05) is 79.7 Å². The molecule has 4 rings (SSSR count). The van der Waals surface area contributed by atoms with Crippen LogP contribution in [0.25, 0.3) is 22.2 Å². The number of nitrogens with zero attached hydrogens (tertiary/aromatic N) is 2. The number of para-hydroxylation sites is 1. The number of amides is 1. The molecule has 1 unspecified atom stereocenters. The van der Waals surface area contributed by atoms with E-state index in [2.05, 4.69) is 10.3 Å². The van der Waals surface area contributed by atoms with E-state index >= 15 is 0 Å². The summed E-state index contributed by atoms with van der Waals surface area (Å²) in [6.45, 7) is 1.98. The van der Waals surface area contributed by atoms with Gasteiger partial charge in [-0.15, -0.1) is 0 Å². The minimum atomic E-state index is -0.116. The predicted molar refractivity (Wildman–Crippen MR) is 107 cm³/mol. The molecular formula is C23H19N3O. The first-order valence-corrected chi connectivity index (χ1v) is 8.88. The van der Waals surface area contributed by atoms with Gasteiger partial charge < -0.3 is 5.32 Å². The first-order valence-electron chi connectivity index (χ1n) is 8.88. The molecule has 2 heterocycles. The molecule has 2 aromatic carbocycles. The molecule has 4 heteroatoms. The molecule has 0 spiro atoms. The van der Waals surface area contributed by atoms with Gasteiger partial charge in [0.1, 0.15) is 0 Å². The lowest BCUT2D eigenvalue weighted by molar-refractivity contribution is 0.0941. The zero-order valence-electron chi connectivity index (χ0n) is 15.0. The largest absolute Gasteiger partial charge is 0.345 e. The normalized spacial score (nSPS) is 11.9. The molecule has 0 aliphatic carbocycles. The van der Waals surface area contributed by atoms with Crippen LogP contribution in [0.4, 0.5) is 0 Å². The van der Waals surface area contributed by atoms with Gasteiger partial charge in [-0.2, -0.15) is 0 Å². The van der Waals surface area contributed by atoms with Gasteiger partial charge in [-0.3, -0.25) is 9.78 Å². The van der Waals surface area contributed by atoms with Crippen molar-refractivity contribution in [1.82, 2.24) is 15.3 Å². The van der Waals surface area contributed by atoms with Crippen LogP contribution in [0.1, 0.15) is 28.9 Å². The maximum absolute atomic E-state index is 13.1. The van der Waals surface area contributed by atoms with Gasteiger partial charge >= 0.3 is 0 Å². The van der Waals surface area contributed by atoms with Gasteiger partial charge in [-0.25, -0.2) is 4.98 Å². The fraction of sp³-hybridized carbons (Fsp3) is 0.0870. The molecule has 1 amide bonds. The summed E-state index contributed by atoms with van der Waals surface area (Å²) in [5.74, 6) is -0.116. The number of pyridine rings is 2. The van der Waals surface area contributed by atoms with E-state index in [0.29, 0.717) is 5.56 Å². The van der Waals surface area contributed by atoms with Gasteiger partial charge in [-0.1, -0.05) is 48.5 Å². The lowest BCUT2D eigenvalue weighted by Crippen LogP contribution is -2.27. The summed E-state index contributed by atoms with van der Waals surface area (Å²) in [6.07, 6.45) is 3.48. The molecule has 4 aromatic rings. The van der Waals surface area contributed by atoms with Crippen LogP contribution < -0.4 is 5.32 Å². The Morgan fingerprint density at radius 2 is 1.74 bits per heavy atom. The van der Waals surface area contributed by atoms with Crippen molar-refractivity contribution in [2.75, 3.05) is 0 Å². The third kappa shape index (κ3) is 3.55.